The SMILES string of the molecule is Cn1cc(C(O)Cc2cccc(O)c2)c(C(C)(C)C)n1. The van der Waals surface area contributed by atoms with Crippen LogP contribution in [-0.4, -0.2) is 20.0 Å². The molecule has 0 spiro atoms. The van der Waals surface area contributed by atoms with Gasteiger partial charge in [-0.25, -0.2) is 0 Å². The molecule has 0 amide bonds. The van der Waals surface area contributed by atoms with Crippen molar-refractivity contribution in [2.45, 2.75) is 38.7 Å². The van der Waals surface area contributed by atoms with Crippen LogP contribution in [0.5, 0.6) is 5.75 Å². The standard InChI is InChI=1S/C16H22N2O2/c1-16(2,3)15-13(10-18(4)17-15)14(20)9-11-6-5-7-12(19)8-11/h5-8,10,14,19-20H,9H2,1-4H3. The molecule has 0 bridgehead atoms. The highest BCUT2D eigenvalue weighted by molar-refractivity contribution is 5.31. The Morgan fingerprint density at radius 3 is 2.60 bits per heavy atom. The maximum atomic E-state index is 10.5. The van der Waals surface area contributed by atoms with Crippen molar-refractivity contribution in [1.29, 1.82) is 0 Å². The summed E-state index contributed by atoms with van der Waals surface area (Å²) in [5.41, 5.74) is 2.55. The van der Waals surface area contributed by atoms with Crippen LogP contribution in [0, 0.1) is 0 Å². The van der Waals surface area contributed by atoms with Crippen LogP contribution < -0.4 is 0 Å². The fraction of sp³-hybridized carbons (Fsp3) is 0.438. The summed E-state index contributed by atoms with van der Waals surface area (Å²) >= 11 is 0. The first-order valence-corrected chi connectivity index (χ1v) is 6.77. The van der Waals surface area contributed by atoms with Crippen molar-refractivity contribution in [2.24, 2.45) is 7.05 Å². The number of nitrogens with zero attached hydrogens (tertiary/aromatic N) is 2. The van der Waals surface area contributed by atoms with Crippen molar-refractivity contribution in [3.63, 3.8) is 0 Å². The number of phenolic OH excluding ortho intramolecular Hbond substituents is 1. The second-order valence-electron chi connectivity index (χ2n) is 6.25. The molecule has 1 atom stereocenters. The summed E-state index contributed by atoms with van der Waals surface area (Å²) in [6, 6.07) is 6.98. The van der Waals surface area contributed by atoms with E-state index in [9.17, 15) is 10.2 Å². The lowest BCUT2D eigenvalue weighted by Gasteiger charge is -2.20. The molecule has 1 aromatic carbocycles. The molecule has 0 aliphatic heterocycles. The van der Waals surface area contributed by atoms with E-state index in [0.29, 0.717) is 6.42 Å². The van der Waals surface area contributed by atoms with E-state index in [1.54, 1.807) is 22.9 Å². The first-order chi connectivity index (χ1) is 9.27. The number of aromatic nitrogens is 2. The third kappa shape index (κ3) is 3.20. The Morgan fingerprint density at radius 2 is 2.00 bits per heavy atom. The van der Waals surface area contributed by atoms with Crippen LogP contribution in [0.2, 0.25) is 0 Å². The molecule has 2 rings (SSSR count). The van der Waals surface area contributed by atoms with E-state index in [-0.39, 0.29) is 11.2 Å². The normalized spacial score (nSPS) is 13.4. The number of aliphatic hydroxyl groups excluding tert-OH is 1. The van der Waals surface area contributed by atoms with Gasteiger partial charge in [-0.3, -0.25) is 4.68 Å². The highest BCUT2D eigenvalue weighted by Crippen LogP contribution is 2.30. The van der Waals surface area contributed by atoms with Gasteiger partial charge in [-0.1, -0.05) is 32.9 Å². The molecule has 0 aliphatic carbocycles. The number of phenols is 1. The summed E-state index contributed by atoms with van der Waals surface area (Å²) < 4.78 is 1.74. The van der Waals surface area contributed by atoms with Gasteiger partial charge in [0.15, 0.2) is 0 Å². The first kappa shape index (κ1) is 14.6. The van der Waals surface area contributed by atoms with E-state index in [1.807, 2.05) is 19.3 Å². The van der Waals surface area contributed by atoms with Crippen LogP contribution in [0.15, 0.2) is 30.5 Å². The Morgan fingerprint density at radius 1 is 1.30 bits per heavy atom. The molecule has 0 aliphatic rings. The number of hydrogen-bond donors (Lipinski definition) is 2. The average molecular weight is 274 g/mol. The lowest BCUT2D eigenvalue weighted by atomic mass is 9.87. The van der Waals surface area contributed by atoms with E-state index in [2.05, 4.69) is 25.9 Å². The van der Waals surface area contributed by atoms with Crippen LogP contribution in [0.1, 0.15) is 43.7 Å². The molecule has 4 nitrogen and oxygen atoms in total. The average Bonchev–Trinajstić information content (AvgIpc) is 2.71. The van der Waals surface area contributed by atoms with Crippen LogP contribution in [0.25, 0.3) is 0 Å². The van der Waals surface area contributed by atoms with Gasteiger partial charge >= 0.3 is 0 Å². The minimum Gasteiger partial charge on any atom is -0.508 e. The van der Waals surface area contributed by atoms with Gasteiger partial charge < -0.3 is 10.2 Å². The monoisotopic (exact) mass is 274 g/mol. The molecule has 2 N–H and O–H groups in total. The molecule has 0 saturated heterocycles. The Balaban J connectivity index is 2.28. The summed E-state index contributed by atoms with van der Waals surface area (Å²) in [5.74, 6) is 0.219. The smallest absolute Gasteiger partial charge is 0.115 e. The minimum atomic E-state index is -0.625. The summed E-state index contributed by atoms with van der Waals surface area (Å²) in [5, 5.41) is 24.4. The zero-order valence-electron chi connectivity index (χ0n) is 12.5. The second kappa shape index (κ2) is 5.29. The summed E-state index contributed by atoms with van der Waals surface area (Å²) in [6.45, 7) is 6.25. The highest BCUT2D eigenvalue weighted by Gasteiger charge is 2.25. The summed E-state index contributed by atoms with van der Waals surface area (Å²) in [4.78, 5) is 0. The molecule has 0 saturated carbocycles. The topological polar surface area (TPSA) is 58.3 Å². The van der Waals surface area contributed by atoms with Crippen LogP contribution in [-0.2, 0) is 18.9 Å². The maximum absolute atomic E-state index is 10.5. The van der Waals surface area contributed by atoms with E-state index >= 15 is 0 Å². The third-order valence-corrected chi connectivity index (χ3v) is 3.27. The van der Waals surface area contributed by atoms with Crippen molar-refractivity contribution in [3.05, 3.63) is 47.3 Å². The molecule has 1 aromatic heterocycles. The van der Waals surface area contributed by atoms with Crippen molar-refractivity contribution >= 4 is 0 Å². The van der Waals surface area contributed by atoms with Crippen LogP contribution >= 0.6 is 0 Å². The van der Waals surface area contributed by atoms with E-state index in [1.165, 1.54) is 0 Å². The zero-order valence-corrected chi connectivity index (χ0v) is 12.5. The molecule has 2 aromatic rings. The number of aryl methyl sites for hydroxylation is 1. The number of aromatic hydroxyl groups is 1. The summed E-state index contributed by atoms with van der Waals surface area (Å²) in [6.07, 6.45) is 1.71. The molecular formula is C16H22N2O2. The zero-order chi connectivity index (χ0) is 14.9. The molecule has 0 radical (unpaired) electrons. The number of aliphatic hydroxyl groups is 1. The Kier molecular flexibility index (Phi) is 3.86. The second-order valence-corrected chi connectivity index (χ2v) is 6.25. The molecule has 1 unspecified atom stereocenters. The third-order valence-electron chi connectivity index (χ3n) is 3.27. The van der Waals surface area contributed by atoms with Crippen molar-refractivity contribution in [1.82, 2.24) is 9.78 Å². The van der Waals surface area contributed by atoms with Gasteiger partial charge in [-0.15, -0.1) is 0 Å². The number of hydrogen-bond acceptors (Lipinski definition) is 3. The maximum Gasteiger partial charge on any atom is 0.115 e. The van der Waals surface area contributed by atoms with Gasteiger partial charge in [0.05, 0.1) is 11.8 Å². The minimum absolute atomic E-state index is 0.115. The predicted octanol–water partition coefficient (Wildman–Crippen LogP) is 2.70. The molecule has 0 fully saturated rings. The van der Waals surface area contributed by atoms with Gasteiger partial charge in [0.1, 0.15) is 5.75 Å². The lowest BCUT2D eigenvalue weighted by Crippen LogP contribution is -2.17. The largest absolute Gasteiger partial charge is 0.508 e. The fourth-order valence-electron chi connectivity index (χ4n) is 2.35. The Bertz CT molecular complexity index is 597. The van der Waals surface area contributed by atoms with Crippen LogP contribution in [0.4, 0.5) is 0 Å². The van der Waals surface area contributed by atoms with E-state index < -0.39 is 6.10 Å². The van der Waals surface area contributed by atoms with E-state index in [0.717, 1.165) is 16.8 Å². The van der Waals surface area contributed by atoms with Gasteiger partial charge in [-0.05, 0) is 17.7 Å². The van der Waals surface area contributed by atoms with Crippen molar-refractivity contribution in [2.75, 3.05) is 0 Å². The predicted molar refractivity (Wildman–Crippen MR) is 78.7 cm³/mol. The van der Waals surface area contributed by atoms with Crippen molar-refractivity contribution in [3.8, 4) is 5.75 Å². The number of benzene rings is 1. The highest BCUT2D eigenvalue weighted by atomic mass is 16.3. The van der Waals surface area contributed by atoms with Crippen LogP contribution in [0.3, 0.4) is 0 Å². The summed E-state index contributed by atoms with van der Waals surface area (Å²) in [7, 11) is 1.86. The molecule has 108 valence electrons. The fourth-order valence-corrected chi connectivity index (χ4v) is 2.35. The Hall–Kier alpha value is -1.81. The number of rotatable bonds is 3. The molecule has 1 heterocycles. The van der Waals surface area contributed by atoms with E-state index in [4.69, 9.17) is 0 Å². The molecule has 4 heteroatoms. The molecular weight excluding hydrogens is 252 g/mol. The molecule has 20 heavy (non-hydrogen) atoms. The lowest BCUT2D eigenvalue weighted by molar-refractivity contribution is 0.176. The van der Waals surface area contributed by atoms with Crippen molar-refractivity contribution < 1.29 is 10.2 Å². The van der Waals surface area contributed by atoms with Gasteiger partial charge in [0.25, 0.3) is 0 Å². The first-order valence-electron chi connectivity index (χ1n) is 6.77. The quantitative estimate of drug-likeness (QED) is 0.904. The van der Waals surface area contributed by atoms with Gasteiger partial charge in [-0.2, -0.15) is 5.10 Å². The van der Waals surface area contributed by atoms with Gasteiger partial charge in [0, 0.05) is 30.6 Å². The Labute approximate surface area is 119 Å². The van der Waals surface area contributed by atoms with Gasteiger partial charge in [0.2, 0.25) is 0 Å².